The van der Waals surface area contributed by atoms with Gasteiger partial charge in [-0.2, -0.15) is 0 Å². The highest BCUT2D eigenvalue weighted by Crippen LogP contribution is 2.25. The number of ether oxygens (including phenoxy) is 1. The summed E-state index contributed by atoms with van der Waals surface area (Å²) in [5.74, 6) is 1.97. The Labute approximate surface area is 166 Å². The first kappa shape index (κ1) is 18.2. The molecule has 4 aromatic rings. The normalized spacial score (nSPS) is 10.9. The zero-order valence-electron chi connectivity index (χ0n) is 15.2. The SMILES string of the molecule is Cn1ccnc1CSc1nnc(COc2ccccc2F)n1-c1ccccc1. The minimum atomic E-state index is -0.405. The van der Waals surface area contributed by atoms with Crippen molar-refractivity contribution in [1.29, 1.82) is 0 Å². The van der Waals surface area contributed by atoms with Crippen molar-refractivity contribution in [3.8, 4) is 11.4 Å². The van der Waals surface area contributed by atoms with Crippen molar-refractivity contribution in [2.24, 2.45) is 7.05 Å². The number of thioether (sulfide) groups is 1. The Morgan fingerprint density at radius 1 is 1.00 bits per heavy atom. The lowest BCUT2D eigenvalue weighted by molar-refractivity contribution is 0.278. The molecule has 2 heterocycles. The first-order valence-corrected chi connectivity index (χ1v) is 9.67. The van der Waals surface area contributed by atoms with Gasteiger partial charge in [0.05, 0.1) is 5.75 Å². The van der Waals surface area contributed by atoms with Gasteiger partial charge in [-0.05, 0) is 24.3 Å². The molecule has 0 saturated carbocycles. The maximum atomic E-state index is 13.9. The molecule has 2 aromatic carbocycles. The molecule has 28 heavy (non-hydrogen) atoms. The second kappa shape index (κ2) is 8.26. The second-order valence-corrected chi connectivity index (χ2v) is 6.97. The quantitative estimate of drug-likeness (QED) is 0.443. The molecule has 0 unspecified atom stereocenters. The fraction of sp³-hybridized carbons (Fsp3) is 0.150. The molecule has 0 aliphatic heterocycles. The number of para-hydroxylation sites is 2. The molecule has 0 bridgehead atoms. The van der Waals surface area contributed by atoms with Crippen molar-refractivity contribution in [2.45, 2.75) is 17.5 Å². The molecule has 6 nitrogen and oxygen atoms in total. The predicted molar refractivity (Wildman–Crippen MR) is 105 cm³/mol. The molecule has 2 aromatic heterocycles. The van der Waals surface area contributed by atoms with Gasteiger partial charge < -0.3 is 9.30 Å². The standard InChI is InChI=1S/C20H18FN5OS/c1-25-12-11-22-19(25)14-28-20-24-23-18(26(20)15-7-3-2-4-8-15)13-27-17-10-6-5-9-16(17)21/h2-12H,13-14H2,1H3. The summed E-state index contributed by atoms with van der Waals surface area (Å²) in [7, 11) is 1.96. The number of nitrogens with zero attached hydrogens (tertiary/aromatic N) is 5. The van der Waals surface area contributed by atoms with Crippen LogP contribution in [0.1, 0.15) is 11.6 Å². The summed E-state index contributed by atoms with van der Waals surface area (Å²) in [5.41, 5.74) is 0.918. The molecular formula is C20H18FN5OS. The van der Waals surface area contributed by atoms with Gasteiger partial charge >= 0.3 is 0 Å². The van der Waals surface area contributed by atoms with Crippen LogP contribution >= 0.6 is 11.8 Å². The lowest BCUT2D eigenvalue weighted by Gasteiger charge is -2.11. The Morgan fingerprint density at radius 2 is 1.79 bits per heavy atom. The third kappa shape index (κ3) is 3.91. The minimum absolute atomic E-state index is 0.103. The van der Waals surface area contributed by atoms with E-state index in [0.29, 0.717) is 11.6 Å². The van der Waals surface area contributed by atoms with Gasteiger partial charge in [-0.25, -0.2) is 9.37 Å². The fourth-order valence-corrected chi connectivity index (χ4v) is 3.67. The summed E-state index contributed by atoms with van der Waals surface area (Å²) in [6.45, 7) is 0.103. The van der Waals surface area contributed by atoms with E-state index in [-0.39, 0.29) is 12.4 Å². The number of benzene rings is 2. The number of hydrogen-bond acceptors (Lipinski definition) is 5. The van der Waals surface area contributed by atoms with Gasteiger partial charge in [0.1, 0.15) is 12.4 Å². The van der Waals surface area contributed by atoms with Gasteiger partial charge in [0.15, 0.2) is 22.5 Å². The molecule has 0 aliphatic rings. The van der Waals surface area contributed by atoms with Crippen molar-refractivity contribution >= 4 is 11.8 Å². The molecule has 0 fully saturated rings. The van der Waals surface area contributed by atoms with Gasteiger partial charge in [-0.3, -0.25) is 4.57 Å². The topological polar surface area (TPSA) is 57.8 Å². The fourth-order valence-electron chi connectivity index (χ4n) is 2.69. The average molecular weight is 395 g/mol. The highest BCUT2D eigenvalue weighted by atomic mass is 32.2. The molecule has 4 rings (SSSR count). The molecule has 0 atom stereocenters. The van der Waals surface area contributed by atoms with E-state index in [9.17, 15) is 4.39 Å². The van der Waals surface area contributed by atoms with Crippen LogP contribution in [0.15, 0.2) is 72.1 Å². The van der Waals surface area contributed by atoms with Crippen molar-refractivity contribution in [3.63, 3.8) is 0 Å². The molecule has 0 saturated heterocycles. The second-order valence-electron chi connectivity index (χ2n) is 6.03. The van der Waals surface area contributed by atoms with Crippen molar-refractivity contribution in [1.82, 2.24) is 24.3 Å². The number of imidazole rings is 1. The summed E-state index contributed by atoms with van der Waals surface area (Å²) in [6.07, 6.45) is 3.68. The zero-order chi connectivity index (χ0) is 19.3. The van der Waals surface area contributed by atoms with Crippen LogP contribution in [-0.4, -0.2) is 24.3 Å². The Bertz CT molecular complexity index is 1060. The van der Waals surface area contributed by atoms with E-state index in [1.807, 2.05) is 52.7 Å². The smallest absolute Gasteiger partial charge is 0.196 e. The Morgan fingerprint density at radius 3 is 2.54 bits per heavy atom. The Balaban J connectivity index is 1.60. The van der Waals surface area contributed by atoms with Gasteiger partial charge in [-0.15, -0.1) is 10.2 Å². The Hall–Kier alpha value is -3.13. The number of hydrogen-bond donors (Lipinski definition) is 0. The Kier molecular flexibility index (Phi) is 5.38. The first-order chi connectivity index (χ1) is 13.7. The number of rotatable bonds is 7. The molecule has 142 valence electrons. The summed E-state index contributed by atoms with van der Waals surface area (Å²) in [4.78, 5) is 4.34. The van der Waals surface area contributed by atoms with Crippen LogP contribution < -0.4 is 4.74 Å². The van der Waals surface area contributed by atoms with Crippen LogP contribution in [0, 0.1) is 5.82 Å². The molecule has 0 N–H and O–H groups in total. The van der Waals surface area contributed by atoms with E-state index >= 15 is 0 Å². The average Bonchev–Trinajstić information content (AvgIpc) is 3.32. The van der Waals surface area contributed by atoms with Gasteiger partial charge in [0.25, 0.3) is 0 Å². The molecular weight excluding hydrogens is 377 g/mol. The van der Waals surface area contributed by atoms with Crippen LogP contribution in [0.25, 0.3) is 5.69 Å². The molecule has 0 radical (unpaired) electrons. The number of aromatic nitrogens is 5. The largest absolute Gasteiger partial charge is 0.483 e. The first-order valence-electron chi connectivity index (χ1n) is 8.68. The lowest BCUT2D eigenvalue weighted by Crippen LogP contribution is -2.07. The van der Waals surface area contributed by atoms with E-state index in [0.717, 1.165) is 16.7 Å². The number of aryl methyl sites for hydroxylation is 1. The molecule has 0 aliphatic carbocycles. The van der Waals surface area contributed by atoms with E-state index < -0.39 is 5.82 Å². The van der Waals surface area contributed by atoms with Crippen molar-refractivity contribution in [2.75, 3.05) is 0 Å². The van der Waals surface area contributed by atoms with Crippen molar-refractivity contribution < 1.29 is 9.13 Å². The van der Waals surface area contributed by atoms with Crippen LogP contribution in [-0.2, 0) is 19.4 Å². The summed E-state index contributed by atoms with van der Waals surface area (Å²) in [6, 6.07) is 16.1. The van der Waals surface area contributed by atoms with Crippen LogP contribution in [0.4, 0.5) is 4.39 Å². The van der Waals surface area contributed by atoms with Crippen LogP contribution in [0.2, 0.25) is 0 Å². The predicted octanol–water partition coefficient (Wildman–Crippen LogP) is 4.01. The minimum Gasteiger partial charge on any atom is -0.483 e. The van der Waals surface area contributed by atoms with E-state index in [2.05, 4.69) is 15.2 Å². The highest BCUT2D eigenvalue weighted by molar-refractivity contribution is 7.98. The van der Waals surface area contributed by atoms with Gasteiger partial charge in [0.2, 0.25) is 0 Å². The van der Waals surface area contributed by atoms with Gasteiger partial charge in [0, 0.05) is 25.1 Å². The van der Waals surface area contributed by atoms with Gasteiger partial charge in [-0.1, -0.05) is 42.1 Å². The van der Waals surface area contributed by atoms with E-state index in [1.54, 1.807) is 24.4 Å². The van der Waals surface area contributed by atoms with Crippen LogP contribution in [0.5, 0.6) is 5.75 Å². The summed E-state index contributed by atoms with van der Waals surface area (Å²) < 4.78 is 23.4. The van der Waals surface area contributed by atoms with E-state index in [4.69, 9.17) is 4.74 Å². The van der Waals surface area contributed by atoms with Crippen molar-refractivity contribution in [3.05, 3.63) is 84.5 Å². The third-order valence-corrected chi connectivity index (χ3v) is 5.08. The zero-order valence-corrected chi connectivity index (χ0v) is 16.0. The lowest BCUT2D eigenvalue weighted by atomic mass is 10.3. The summed E-state index contributed by atoms with van der Waals surface area (Å²) in [5, 5.41) is 9.32. The molecule has 8 heteroatoms. The molecule has 0 spiro atoms. The van der Waals surface area contributed by atoms with E-state index in [1.165, 1.54) is 17.8 Å². The number of halogens is 1. The monoisotopic (exact) mass is 395 g/mol. The summed E-state index contributed by atoms with van der Waals surface area (Å²) >= 11 is 1.54. The maximum Gasteiger partial charge on any atom is 0.196 e. The highest BCUT2D eigenvalue weighted by Gasteiger charge is 2.16. The molecule has 0 amide bonds. The maximum absolute atomic E-state index is 13.9. The van der Waals surface area contributed by atoms with Crippen LogP contribution in [0.3, 0.4) is 0 Å². The third-order valence-electron chi connectivity index (χ3n) is 4.16.